The van der Waals surface area contributed by atoms with Gasteiger partial charge in [-0.05, 0) is 37.8 Å². The van der Waals surface area contributed by atoms with Gasteiger partial charge in [-0.3, -0.25) is 0 Å². The lowest BCUT2D eigenvalue weighted by molar-refractivity contribution is 0.262. The number of piperidine rings is 1. The van der Waals surface area contributed by atoms with E-state index >= 15 is 0 Å². The lowest BCUT2D eigenvalue weighted by Gasteiger charge is -2.31. The molecule has 0 radical (unpaired) electrons. The van der Waals surface area contributed by atoms with Crippen LogP contribution in [0.25, 0.3) is 0 Å². The van der Waals surface area contributed by atoms with E-state index in [0.29, 0.717) is 36.3 Å². The standard InChI is InChI=1S/C15H25N3O2S/c1-3-6-13-8-11-18(12-9-13)21(19,20)14-7-5-10-17-15(14)16-4-2/h5,7,10,13H,3-4,6,8-9,11-12H2,1-2H3,(H,16,17). The lowest BCUT2D eigenvalue weighted by atomic mass is 9.94. The maximum atomic E-state index is 12.8. The fourth-order valence-corrected chi connectivity index (χ4v) is 4.47. The molecule has 0 amide bonds. The normalized spacial score (nSPS) is 17.8. The van der Waals surface area contributed by atoms with E-state index in [1.807, 2.05) is 6.92 Å². The molecule has 0 unspecified atom stereocenters. The SMILES string of the molecule is CCCC1CCN(S(=O)(=O)c2cccnc2NCC)CC1. The van der Waals surface area contributed by atoms with Crippen molar-refractivity contribution in [1.29, 1.82) is 0 Å². The van der Waals surface area contributed by atoms with Crippen molar-refractivity contribution in [2.75, 3.05) is 25.0 Å². The number of nitrogens with one attached hydrogen (secondary N) is 1. The van der Waals surface area contributed by atoms with Crippen molar-refractivity contribution in [3.05, 3.63) is 18.3 Å². The molecule has 6 heteroatoms. The first-order valence-corrected chi connectivity index (χ1v) is 9.22. The minimum atomic E-state index is -3.44. The second kappa shape index (κ2) is 7.22. The summed E-state index contributed by atoms with van der Waals surface area (Å²) in [6, 6.07) is 3.32. The molecular formula is C15H25N3O2S. The Morgan fingerprint density at radius 2 is 2.05 bits per heavy atom. The van der Waals surface area contributed by atoms with Crippen LogP contribution in [-0.4, -0.2) is 37.3 Å². The summed E-state index contributed by atoms with van der Waals surface area (Å²) in [7, 11) is -3.44. The number of pyridine rings is 1. The van der Waals surface area contributed by atoms with Crippen LogP contribution in [0.5, 0.6) is 0 Å². The zero-order valence-corrected chi connectivity index (χ0v) is 13.7. The van der Waals surface area contributed by atoms with Gasteiger partial charge < -0.3 is 5.32 Å². The maximum absolute atomic E-state index is 12.8. The largest absolute Gasteiger partial charge is 0.369 e. The highest BCUT2D eigenvalue weighted by molar-refractivity contribution is 7.89. The van der Waals surface area contributed by atoms with Crippen LogP contribution in [0.4, 0.5) is 5.82 Å². The fraction of sp³-hybridized carbons (Fsp3) is 0.667. The van der Waals surface area contributed by atoms with Crippen LogP contribution in [-0.2, 0) is 10.0 Å². The van der Waals surface area contributed by atoms with Crippen LogP contribution in [0.3, 0.4) is 0 Å². The summed E-state index contributed by atoms with van der Waals surface area (Å²) >= 11 is 0. The van der Waals surface area contributed by atoms with E-state index in [2.05, 4.69) is 17.2 Å². The van der Waals surface area contributed by atoms with E-state index in [0.717, 1.165) is 12.8 Å². The molecule has 118 valence electrons. The average molecular weight is 311 g/mol. The number of anilines is 1. The Kier molecular flexibility index (Phi) is 5.58. The molecule has 1 N–H and O–H groups in total. The molecule has 5 nitrogen and oxygen atoms in total. The van der Waals surface area contributed by atoms with Gasteiger partial charge >= 0.3 is 0 Å². The van der Waals surface area contributed by atoms with Crippen LogP contribution < -0.4 is 5.32 Å². The van der Waals surface area contributed by atoms with Crippen LogP contribution in [0, 0.1) is 5.92 Å². The third-order valence-electron chi connectivity index (χ3n) is 4.00. The predicted octanol–water partition coefficient (Wildman–Crippen LogP) is 2.71. The first-order chi connectivity index (χ1) is 10.1. The van der Waals surface area contributed by atoms with Crippen molar-refractivity contribution in [3.63, 3.8) is 0 Å². The first kappa shape index (κ1) is 16.2. The van der Waals surface area contributed by atoms with E-state index in [1.165, 1.54) is 12.8 Å². The molecule has 1 aromatic heterocycles. The molecule has 1 fully saturated rings. The smallest absolute Gasteiger partial charge is 0.246 e. The summed E-state index contributed by atoms with van der Waals surface area (Å²) in [4.78, 5) is 4.45. The van der Waals surface area contributed by atoms with E-state index in [1.54, 1.807) is 22.6 Å². The van der Waals surface area contributed by atoms with Gasteiger partial charge in [0.05, 0.1) is 0 Å². The second-order valence-corrected chi connectivity index (χ2v) is 7.42. The zero-order valence-electron chi connectivity index (χ0n) is 12.9. The Hall–Kier alpha value is -1.14. The maximum Gasteiger partial charge on any atom is 0.246 e. The summed E-state index contributed by atoms with van der Waals surface area (Å²) in [6.07, 6.45) is 5.91. The molecule has 1 aromatic rings. The van der Waals surface area contributed by atoms with Gasteiger partial charge in [0.15, 0.2) is 0 Å². The van der Waals surface area contributed by atoms with Gasteiger partial charge in [-0.2, -0.15) is 4.31 Å². The minimum Gasteiger partial charge on any atom is -0.369 e. The Balaban J connectivity index is 2.16. The minimum absolute atomic E-state index is 0.292. The van der Waals surface area contributed by atoms with Crippen molar-refractivity contribution in [3.8, 4) is 0 Å². The summed E-state index contributed by atoms with van der Waals surface area (Å²) < 4.78 is 27.2. The van der Waals surface area contributed by atoms with Crippen molar-refractivity contribution in [2.24, 2.45) is 5.92 Å². The number of rotatable bonds is 6. The van der Waals surface area contributed by atoms with Gasteiger partial charge in [0.25, 0.3) is 0 Å². The topological polar surface area (TPSA) is 62.3 Å². The van der Waals surface area contributed by atoms with Crippen molar-refractivity contribution in [2.45, 2.75) is 44.4 Å². The Labute approximate surface area is 127 Å². The molecule has 0 atom stereocenters. The Bertz CT molecular complexity index is 552. The number of nitrogens with zero attached hydrogens (tertiary/aromatic N) is 2. The molecule has 1 saturated heterocycles. The predicted molar refractivity (Wildman–Crippen MR) is 84.8 cm³/mol. The molecule has 21 heavy (non-hydrogen) atoms. The molecule has 0 bridgehead atoms. The molecule has 2 heterocycles. The summed E-state index contributed by atoms with van der Waals surface area (Å²) in [5.41, 5.74) is 0. The highest BCUT2D eigenvalue weighted by Crippen LogP contribution is 2.28. The monoisotopic (exact) mass is 311 g/mol. The third kappa shape index (κ3) is 3.74. The number of aromatic nitrogens is 1. The van der Waals surface area contributed by atoms with Crippen molar-refractivity contribution in [1.82, 2.24) is 9.29 Å². The Morgan fingerprint density at radius 1 is 1.33 bits per heavy atom. The van der Waals surface area contributed by atoms with E-state index in [4.69, 9.17) is 0 Å². The fourth-order valence-electron chi connectivity index (χ4n) is 2.88. The molecule has 0 saturated carbocycles. The molecule has 1 aliphatic heterocycles. The highest BCUT2D eigenvalue weighted by atomic mass is 32.2. The van der Waals surface area contributed by atoms with Crippen molar-refractivity contribution >= 4 is 15.8 Å². The van der Waals surface area contributed by atoms with E-state index in [-0.39, 0.29) is 0 Å². The molecule has 2 rings (SSSR count). The van der Waals surface area contributed by atoms with Crippen molar-refractivity contribution < 1.29 is 8.42 Å². The third-order valence-corrected chi connectivity index (χ3v) is 5.93. The number of hydrogen-bond donors (Lipinski definition) is 1. The first-order valence-electron chi connectivity index (χ1n) is 7.78. The van der Waals surface area contributed by atoms with E-state index in [9.17, 15) is 8.42 Å². The van der Waals surface area contributed by atoms with E-state index < -0.39 is 10.0 Å². The molecule has 1 aliphatic rings. The quantitative estimate of drug-likeness (QED) is 0.877. The number of hydrogen-bond acceptors (Lipinski definition) is 4. The van der Waals surface area contributed by atoms with Gasteiger partial charge in [0.1, 0.15) is 10.7 Å². The lowest BCUT2D eigenvalue weighted by Crippen LogP contribution is -2.38. The highest BCUT2D eigenvalue weighted by Gasteiger charge is 2.31. The van der Waals surface area contributed by atoms with Gasteiger partial charge in [-0.15, -0.1) is 0 Å². The molecule has 0 aromatic carbocycles. The number of sulfonamides is 1. The average Bonchev–Trinajstić information content (AvgIpc) is 2.49. The Morgan fingerprint density at radius 3 is 2.67 bits per heavy atom. The second-order valence-electron chi connectivity index (χ2n) is 5.52. The molecule has 0 spiro atoms. The van der Waals surface area contributed by atoms with Crippen LogP contribution in [0.15, 0.2) is 23.2 Å². The van der Waals surface area contributed by atoms with Crippen LogP contribution >= 0.6 is 0 Å². The van der Waals surface area contributed by atoms with Gasteiger partial charge in [-0.25, -0.2) is 13.4 Å². The van der Waals surface area contributed by atoms with Gasteiger partial charge in [-0.1, -0.05) is 19.8 Å². The van der Waals surface area contributed by atoms with Crippen LogP contribution in [0.2, 0.25) is 0 Å². The summed E-state index contributed by atoms with van der Waals surface area (Å²) in [5, 5.41) is 3.03. The van der Waals surface area contributed by atoms with Crippen LogP contribution in [0.1, 0.15) is 39.5 Å². The van der Waals surface area contributed by atoms with Gasteiger partial charge in [0, 0.05) is 25.8 Å². The summed E-state index contributed by atoms with van der Waals surface area (Å²) in [6.45, 7) is 6.00. The van der Waals surface area contributed by atoms with Gasteiger partial charge in [0.2, 0.25) is 10.0 Å². The molecule has 0 aliphatic carbocycles. The molecular weight excluding hydrogens is 286 g/mol. The summed E-state index contributed by atoms with van der Waals surface area (Å²) in [5.74, 6) is 1.12. The zero-order chi connectivity index (χ0) is 15.3.